The second-order valence-electron chi connectivity index (χ2n) is 4.23. The van der Waals surface area contributed by atoms with Crippen LogP contribution in [-0.4, -0.2) is 14.2 Å². The zero-order valence-electron chi connectivity index (χ0n) is 11.3. The predicted molar refractivity (Wildman–Crippen MR) is 83.7 cm³/mol. The van der Waals surface area contributed by atoms with Gasteiger partial charge in [0.05, 0.1) is 19.6 Å². The molecule has 0 bridgehead atoms. The van der Waals surface area contributed by atoms with Crippen molar-refractivity contribution in [3.8, 4) is 11.5 Å². The lowest BCUT2D eigenvalue weighted by Gasteiger charge is -2.17. The lowest BCUT2D eigenvalue weighted by Crippen LogP contribution is -2.01. The molecule has 0 spiro atoms. The first-order chi connectivity index (χ1) is 9.99. The van der Waals surface area contributed by atoms with Crippen molar-refractivity contribution in [2.45, 2.75) is 5.38 Å². The molecule has 0 aliphatic heterocycles. The minimum absolute atomic E-state index is 0.289. The predicted octanol–water partition coefficient (Wildman–Crippen LogP) is 5.48. The van der Waals surface area contributed by atoms with Crippen molar-refractivity contribution >= 4 is 34.8 Å². The second-order valence-corrected chi connectivity index (χ2v) is 5.48. The lowest BCUT2D eigenvalue weighted by atomic mass is 10.0. The van der Waals surface area contributed by atoms with Crippen LogP contribution in [0.2, 0.25) is 10.0 Å². The molecule has 0 aliphatic rings. The largest absolute Gasteiger partial charge is 0.495 e. The summed E-state index contributed by atoms with van der Waals surface area (Å²) in [7, 11) is 2.96. The number of methoxy groups -OCH3 is 2. The summed E-state index contributed by atoms with van der Waals surface area (Å²) >= 11 is 18.3. The van der Waals surface area contributed by atoms with Gasteiger partial charge in [0.15, 0.2) is 0 Å². The molecule has 2 aromatic carbocycles. The molecule has 0 aromatic heterocycles. The van der Waals surface area contributed by atoms with Gasteiger partial charge < -0.3 is 9.47 Å². The highest BCUT2D eigenvalue weighted by Gasteiger charge is 2.22. The first-order valence-electron chi connectivity index (χ1n) is 5.99. The quantitative estimate of drug-likeness (QED) is 0.681. The van der Waals surface area contributed by atoms with Gasteiger partial charge in [-0.2, -0.15) is 0 Å². The van der Waals surface area contributed by atoms with Gasteiger partial charge in [0.2, 0.25) is 0 Å². The Balaban J connectivity index is 2.52. The van der Waals surface area contributed by atoms with E-state index in [-0.39, 0.29) is 5.02 Å². The molecule has 0 fully saturated rings. The van der Waals surface area contributed by atoms with Crippen LogP contribution in [0.1, 0.15) is 16.5 Å². The van der Waals surface area contributed by atoms with Crippen LogP contribution in [0.3, 0.4) is 0 Å². The van der Waals surface area contributed by atoms with E-state index < -0.39 is 11.2 Å². The SMILES string of the molecule is COc1ccc(C(Cl)c2ccc(Cl)cc2F)c(OC)c1Cl. The summed E-state index contributed by atoms with van der Waals surface area (Å²) in [5.41, 5.74) is 0.840. The molecule has 6 heteroatoms. The molecule has 112 valence electrons. The minimum Gasteiger partial charge on any atom is -0.495 e. The smallest absolute Gasteiger partial charge is 0.146 e. The van der Waals surface area contributed by atoms with E-state index in [0.29, 0.717) is 27.6 Å². The van der Waals surface area contributed by atoms with Gasteiger partial charge in [-0.3, -0.25) is 0 Å². The molecule has 1 unspecified atom stereocenters. The molecule has 2 rings (SSSR count). The lowest BCUT2D eigenvalue weighted by molar-refractivity contribution is 0.391. The Labute approximate surface area is 137 Å². The second kappa shape index (κ2) is 6.73. The third kappa shape index (κ3) is 3.20. The van der Waals surface area contributed by atoms with E-state index >= 15 is 0 Å². The Bertz CT molecular complexity index is 662. The molecule has 2 nitrogen and oxygen atoms in total. The summed E-state index contributed by atoms with van der Waals surface area (Å²) in [6, 6.07) is 7.67. The Kier molecular flexibility index (Phi) is 5.20. The third-order valence-corrected chi connectivity index (χ3v) is 4.09. The van der Waals surface area contributed by atoms with Crippen molar-refractivity contribution in [2.75, 3.05) is 14.2 Å². The molecule has 0 radical (unpaired) electrons. The molecule has 0 N–H and O–H groups in total. The summed E-state index contributed by atoms with van der Waals surface area (Å²) in [6.45, 7) is 0. The van der Waals surface area contributed by atoms with Gasteiger partial charge in [-0.1, -0.05) is 29.3 Å². The number of rotatable bonds is 4. The number of hydrogen-bond donors (Lipinski definition) is 0. The van der Waals surface area contributed by atoms with Crippen molar-refractivity contribution in [3.63, 3.8) is 0 Å². The van der Waals surface area contributed by atoms with Gasteiger partial charge in [0.1, 0.15) is 22.3 Å². The van der Waals surface area contributed by atoms with Crippen molar-refractivity contribution in [2.24, 2.45) is 0 Å². The van der Waals surface area contributed by atoms with Gasteiger partial charge in [-0.05, 0) is 24.3 Å². The zero-order valence-corrected chi connectivity index (χ0v) is 13.6. The number of benzene rings is 2. The van der Waals surface area contributed by atoms with Crippen LogP contribution < -0.4 is 9.47 Å². The summed E-state index contributed by atoms with van der Waals surface area (Å²) in [6.07, 6.45) is 0. The summed E-state index contributed by atoms with van der Waals surface area (Å²) in [4.78, 5) is 0. The Morgan fingerprint density at radius 3 is 2.24 bits per heavy atom. The Morgan fingerprint density at radius 2 is 1.67 bits per heavy atom. The monoisotopic (exact) mass is 348 g/mol. The fourth-order valence-corrected chi connectivity index (χ4v) is 2.83. The van der Waals surface area contributed by atoms with E-state index in [4.69, 9.17) is 44.3 Å². The average molecular weight is 350 g/mol. The van der Waals surface area contributed by atoms with Crippen molar-refractivity contribution < 1.29 is 13.9 Å². The Morgan fingerprint density at radius 1 is 1.00 bits per heavy atom. The molecule has 0 saturated carbocycles. The minimum atomic E-state index is -0.763. The fraction of sp³-hybridized carbons (Fsp3) is 0.200. The van der Waals surface area contributed by atoms with E-state index in [2.05, 4.69) is 0 Å². The summed E-state index contributed by atoms with van der Waals surface area (Å²) < 4.78 is 24.4. The average Bonchev–Trinajstić information content (AvgIpc) is 2.46. The number of hydrogen-bond acceptors (Lipinski definition) is 2. The van der Waals surface area contributed by atoms with Crippen molar-refractivity contribution in [1.82, 2.24) is 0 Å². The fourth-order valence-electron chi connectivity index (χ4n) is 1.99. The molecule has 2 aromatic rings. The highest BCUT2D eigenvalue weighted by molar-refractivity contribution is 6.34. The maximum atomic E-state index is 14.0. The number of alkyl halides is 1. The van der Waals surface area contributed by atoms with Gasteiger partial charge in [-0.25, -0.2) is 4.39 Å². The molecular weight excluding hydrogens is 338 g/mol. The van der Waals surface area contributed by atoms with Crippen LogP contribution in [0.4, 0.5) is 4.39 Å². The van der Waals surface area contributed by atoms with Crippen LogP contribution in [0.15, 0.2) is 30.3 Å². The highest BCUT2D eigenvalue weighted by Crippen LogP contribution is 2.43. The van der Waals surface area contributed by atoms with E-state index in [1.54, 1.807) is 18.2 Å². The summed E-state index contributed by atoms with van der Waals surface area (Å²) in [5, 5.41) is -0.169. The van der Waals surface area contributed by atoms with Gasteiger partial charge in [-0.15, -0.1) is 11.6 Å². The molecular formula is C15H12Cl3FO2. The third-order valence-electron chi connectivity index (χ3n) is 3.02. The van der Waals surface area contributed by atoms with Gasteiger partial charge in [0.25, 0.3) is 0 Å². The van der Waals surface area contributed by atoms with E-state index in [1.165, 1.54) is 26.4 Å². The maximum absolute atomic E-state index is 14.0. The zero-order chi connectivity index (χ0) is 15.6. The standard InChI is InChI=1S/C15H12Cl3FO2/c1-20-12-6-5-10(15(21-2)14(12)18)13(17)9-4-3-8(16)7-11(9)19/h3-7,13H,1-2H3. The van der Waals surface area contributed by atoms with Gasteiger partial charge >= 0.3 is 0 Å². The molecule has 1 atom stereocenters. The first kappa shape index (κ1) is 16.2. The molecule has 0 aliphatic carbocycles. The molecule has 0 heterocycles. The number of halogens is 4. The van der Waals surface area contributed by atoms with Crippen LogP contribution in [-0.2, 0) is 0 Å². The van der Waals surface area contributed by atoms with Crippen LogP contribution in [0, 0.1) is 5.82 Å². The van der Waals surface area contributed by atoms with Crippen molar-refractivity contribution in [3.05, 3.63) is 57.3 Å². The van der Waals surface area contributed by atoms with E-state index in [1.807, 2.05) is 0 Å². The maximum Gasteiger partial charge on any atom is 0.146 e. The van der Waals surface area contributed by atoms with Crippen LogP contribution in [0.25, 0.3) is 0 Å². The topological polar surface area (TPSA) is 18.5 Å². The molecule has 21 heavy (non-hydrogen) atoms. The van der Waals surface area contributed by atoms with Crippen LogP contribution >= 0.6 is 34.8 Å². The van der Waals surface area contributed by atoms with Gasteiger partial charge in [0, 0.05) is 16.1 Å². The first-order valence-corrected chi connectivity index (χ1v) is 7.18. The van der Waals surface area contributed by atoms with E-state index in [9.17, 15) is 4.39 Å². The van der Waals surface area contributed by atoms with Crippen LogP contribution in [0.5, 0.6) is 11.5 Å². The Hall–Kier alpha value is -1.16. The molecule has 0 amide bonds. The normalized spacial score (nSPS) is 12.1. The number of ether oxygens (including phenoxy) is 2. The highest BCUT2D eigenvalue weighted by atomic mass is 35.5. The van der Waals surface area contributed by atoms with Crippen molar-refractivity contribution in [1.29, 1.82) is 0 Å². The molecule has 0 saturated heterocycles. The van der Waals surface area contributed by atoms with E-state index in [0.717, 1.165) is 0 Å². The summed E-state index contributed by atoms with van der Waals surface area (Å²) in [5.74, 6) is 0.319.